The molecule has 0 spiro atoms. The van der Waals surface area contributed by atoms with Crippen LogP contribution in [-0.2, 0) is 24.7 Å². The maximum atomic E-state index is 14.7. The number of carbonyl (C=O) groups excluding carboxylic acids is 2. The smallest absolute Gasteiger partial charge is 0.335 e. The van der Waals surface area contributed by atoms with Crippen molar-refractivity contribution in [2.75, 3.05) is 6.54 Å². The molecule has 3 heterocycles. The second kappa shape index (κ2) is 11.9. The lowest BCUT2D eigenvalue weighted by atomic mass is 9.83. The Labute approximate surface area is 272 Å². The van der Waals surface area contributed by atoms with E-state index in [1.165, 1.54) is 35.4 Å². The van der Waals surface area contributed by atoms with Gasteiger partial charge < -0.3 is 10.0 Å². The second-order valence-electron chi connectivity index (χ2n) is 11.3. The van der Waals surface area contributed by atoms with Crippen molar-refractivity contribution in [2.45, 2.75) is 18.9 Å². The maximum absolute atomic E-state index is 14.7. The molecule has 0 bridgehead atoms. The van der Waals surface area contributed by atoms with Crippen molar-refractivity contribution < 1.29 is 23.9 Å². The molecular weight excluding hydrogens is 623 g/mol. The van der Waals surface area contributed by atoms with Gasteiger partial charge in [0.05, 0.1) is 28.5 Å². The van der Waals surface area contributed by atoms with Gasteiger partial charge in [-0.3, -0.25) is 14.3 Å². The predicted molar refractivity (Wildman–Crippen MR) is 172 cm³/mol. The summed E-state index contributed by atoms with van der Waals surface area (Å²) in [6.07, 6.45) is 3.55. The van der Waals surface area contributed by atoms with Gasteiger partial charge in [-0.15, -0.1) is 5.10 Å². The van der Waals surface area contributed by atoms with E-state index in [2.05, 4.69) is 21.5 Å². The number of amides is 1. The zero-order chi connectivity index (χ0) is 32.8. The average Bonchev–Trinajstić information content (AvgIpc) is 3.72. The van der Waals surface area contributed by atoms with Gasteiger partial charge in [0.1, 0.15) is 11.7 Å². The van der Waals surface area contributed by atoms with E-state index in [4.69, 9.17) is 11.6 Å². The SMILES string of the molecule is Cn1ncc2cc(-c3cccc4c3CCN(C(=O)c3cn(-c5cccc(Cl)c5F)nn3)C4C(=O)Cc3ccc(C(=O)O)cc3)ccc21. The lowest BCUT2D eigenvalue weighted by Crippen LogP contribution is -2.44. The number of Topliss-reactive ketones (excluding diaryl/α,β-unsaturated/α-hetero) is 1. The van der Waals surface area contributed by atoms with Crippen LogP contribution in [0.4, 0.5) is 4.39 Å². The van der Waals surface area contributed by atoms with Crippen molar-refractivity contribution in [3.05, 3.63) is 130 Å². The highest BCUT2D eigenvalue weighted by Crippen LogP contribution is 2.38. The van der Waals surface area contributed by atoms with Crippen molar-refractivity contribution >= 4 is 40.2 Å². The van der Waals surface area contributed by atoms with Gasteiger partial charge in [-0.25, -0.2) is 13.9 Å². The first-order valence-electron chi connectivity index (χ1n) is 14.8. The van der Waals surface area contributed by atoms with Gasteiger partial charge in [0.15, 0.2) is 17.3 Å². The van der Waals surface area contributed by atoms with Crippen LogP contribution < -0.4 is 0 Å². The summed E-state index contributed by atoms with van der Waals surface area (Å²) in [6.45, 7) is 0.213. The zero-order valence-corrected chi connectivity index (χ0v) is 25.7. The lowest BCUT2D eigenvalue weighted by Gasteiger charge is -2.37. The molecule has 0 saturated heterocycles. The standard InChI is InChI=1S/C35H26ClFN6O4/c1-41-29-13-12-22(17-23(29)18-38-41)24-4-2-5-26-25(24)14-15-42(33(26)31(44)16-20-8-10-21(11-9-20)35(46)47)34(45)28-19-43(40-39-28)30-7-3-6-27(36)32(30)37/h2-13,17-19,33H,14-16H2,1H3,(H,46,47). The van der Waals surface area contributed by atoms with Crippen LogP contribution in [0.3, 0.4) is 0 Å². The van der Waals surface area contributed by atoms with E-state index in [1.54, 1.807) is 29.1 Å². The molecule has 1 N–H and O–H groups in total. The van der Waals surface area contributed by atoms with Crippen LogP contribution in [0.5, 0.6) is 0 Å². The molecule has 1 atom stereocenters. The molecular formula is C35H26ClFN6O4. The van der Waals surface area contributed by atoms with Gasteiger partial charge in [0.2, 0.25) is 0 Å². The van der Waals surface area contributed by atoms with E-state index >= 15 is 0 Å². The molecule has 1 amide bonds. The number of hydrogen-bond donors (Lipinski definition) is 1. The van der Waals surface area contributed by atoms with Crippen molar-refractivity contribution in [3.8, 4) is 16.8 Å². The Morgan fingerprint density at radius 2 is 1.81 bits per heavy atom. The van der Waals surface area contributed by atoms with Crippen LogP contribution in [-0.4, -0.2) is 59.0 Å². The number of aromatic nitrogens is 5. The van der Waals surface area contributed by atoms with Gasteiger partial charge in [0, 0.05) is 25.4 Å². The van der Waals surface area contributed by atoms with E-state index in [-0.39, 0.29) is 40.7 Å². The monoisotopic (exact) mass is 648 g/mol. The molecule has 1 unspecified atom stereocenters. The molecule has 4 aromatic carbocycles. The first kappa shape index (κ1) is 30.0. The van der Waals surface area contributed by atoms with Gasteiger partial charge in [-0.2, -0.15) is 5.10 Å². The van der Waals surface area contributed by atoms with E-state index in [9.17, 15) is 23.9 Å². The quantitative estimate of drug-likeness (QED) is 0.230. The molecule has 1 aliphatic heterocycles. The molecule has 10 nitrogen and oxygen atoms in total. The number of halogens is 2. The van der Waals surface area contributed by atoms with Crippen molar-refractivity contribution in [1.29, 1.82) is 0 Å². The molecule has 12 heteroatoms. The van der Waals surface area contributed by atoms with Crippen LogP contribution in [0, 0.1) is 5.82 Å². The van der Waals surface area contributed by atoms with Gasteiger partial charge in [-0.1, -0.05) is 59.3 Å². The molecule has 0 saturated carbocycles. The highest BCUT2D eigenvalue weighted by molar-refractivity contribution is 6.30. The fraction of sp³-hybridized carbons (Fsp3) is 0.143. The Morgan fingerprint density at radius 1 is 1.02 bits per heavy atom. The number of carboxylic acids is 1. The molecule has 2 aromatic heterocycles. The van der Waals surface area contributed by atoms with Crippen LogP contribution in [0.1, 0.15) is 43.6 Å². The van der Waals surface area contributed by atoms with Crippen LogP contribution in [0.25, 0.3) is 27.7 Å². The van der Waals surface area contributed by atoms with E-state index in [1.807, 2.05) is 37.4 Å². The second-order valence-corrected chi connectivity index (χ2v) is 11.7. The minimum absolute atomic E-state index is 0.0284. The zero-order valence-electron chi connectivity index (χ0n) is 25.0. The summed E-state index contributed by atoms with van der Waals surface area (Å²) >= 11 is 5.95. The molecule has 7 rings (SSSR count). The van der Waals surface area contributed by atoms with Crippen LogP contribution >= 0.6 is 11.6 Å². The van der Waals surface area contributed by atoms with Crippen molar-refractivity contribution in [1.82, 2.24) is 29.7 Å². The number of nitrogens with zero attached hydrogens (tertiary/aromatic N) is 6. The topological polar surface area (TPSA) is 123 Å². The van der Waals surface area contributed by atoms with Crippen LogP contribution in [0.2, 0.25) is 5.02 Å². The first-order valence-corrected chi connectivity index (χ1v) is 15.1. The maximum Gasteiger partial charge on any atom is 0.335 e. The molecule has 0 fully saturated rings. The van der Waals surface area contributed by atoms with E-state index in [0.717, 1.165) is 32.3 Å². The highest BCUT2D eigenvalue weighted by Gasteiger charge is 2.38. The summed E-state index contributed by atoms with van der Waals surface area (Å²) in [5.41, 5.74) is 5.22. The minimum Gasteiger partial charge on any atom is -0.478 e. The molecule has 1 aliphatic rings. The van der Waals surface area contributed by atoms with Crippen molar-refractivity contribution in [3.63, 3.8) is 0 Å². The van der Waals surface area contributed by atoms with Gasteiger partial charge in [0.25, 0.3) is 5.91 Å². The molecule has 0 aliphatic carbocycles. The summed E-state index contributed by atoms with van der Waals surface area (Å²) < 4.78 is 17.7. The lowest BCUT2D eigenvalue weighted by molar-refractivity contribution is -0.123. The Balaban J connectivity index is 1.28. The average molecular weight is 649 g/mol. The number of hydrogen-bond acceptors (Lipinski definition) is 6. The predicted octanol–water partition coefficient (Wildman–Crippen LogP) is 5.86. The number of rotatable bonds is 7. The summed E-state index contributed by atoms with van der Waals surface area (Å²) in [5, 5.41) is 22.5. The summed E-state index contributed by atoms with van der Waals surface area (Å²) in [5.74, 6) is -2.56. The number of aromatic carboxylic acids is 1. The van der Waals surface area contributed by atoms with Gasteiger partial charge in [-0.05, 0) is 70.6 Å². The number of fused-ring (bicyclic) bond motifs is 2. The van der Waals surface area contributed by atoms with E-state index < -0.39 is 23.7 Å². The number of aryl methyl sites for hydroxylation is 1. The molecule has 0 radical (unpaired) electrons. The van der Waals surface area contributed by atoms with Crippen LogP contribution in [0.15, 0.2) is 91.3 Å². The first-order chi connectivity index (χ1) is 22.7. The number of benzene rings is 4. The van der Waals surface area contributed by atoms with E-state index in [0.29, 0.717) is 17.5 Å². The fourth-order valence-electron chi connectivity index (χ4n) is 6.20. The normalized spacial score (nSPS) is 14.3. The highest BCUT2D eigenvalue weighted by atomic mass is 35.5. The Morgan fingerprint density at radius 3 is 2.60 bits per heavy atom. The fourth-order valence-corrected chi connectivity index (χ4v) is 6.37. The third-order valence-corrected chi connectivity index (χ3v) is 8.81. The number of carboxylic acid groups (broad SMARTS) is 1. The van der Waals surface area contributed by atoms with Crippen molar-refractivity contribution in [2.24, 2.45) is 7.05 Å². The summed E-state index contributed by atoms with van der Waals surface area (Å²) in [7, 11) is 1.88. The number of carbonyl (C=O) groups is 3. The Hall–Kier alpha value is -5.68. The Kier molecular flexibility index (Phi) is 7.61. The third-order valence-electron chi connectivity index (χ3n) is 8.51. The summed E-state index contributed by atoms with van der Waals surface area (Å²) in [6, 6.07) is 21.4. The summed E-state index contributed by atoms with van der Waals surface area (Å²) in [4.78, 5) is 41.1. The Bertz CT molecular complexity index is 2210. The molecule has 47 heavy (non-hydrogen) atoms. The third kappa shape index (κ3) is 5.44. The number of ketones is 1. The minimum atomic E-state index is -1.07. The van der Waals surface area contributed by atoms with Gasteiger partial charge >= 0.3 is 5.97 Å². The largest absolute Gasteiger partial charge is 0.478 e. The molecule has 234 valence electrons. The molecule has 6 aromatic rings.